The lowest BCUT2D eigenvalue weighted by atomic mass is 10.1. The van der Waals surface area contributed by atoms with Crippen LogP contribution in [0, 0.1) is 0 Å². The van der Waals surface area contributed by atoms with Crippen LogP contribution in [0.5, 0.6) is 5.88 Å². The second kappa shape index (κ2) is 7.30. The Kier molecular flexibility index (Phi) is 4.71. The molecule has 1 aromatic heterocycles. The molecule has 5 nitrogen and oxygen atoms in total. The van der Waals surface area contributed by atoms with Gasteiger partial charge in [0.25, 0.3) is 5.91 Å². The minimum absolute atomic E-state index is 0.0101. The lowest BCUT2D eigenvalue weighted by molar-refractivity contribution is 0.0589. The molecule has 0 atom stereocenters. The van der Waals surface area contributed by atoms with Gasteiger partial charge in [0.1, 0.15) is 6.10 Å². The molecule has 1 aliphatic heterocycles. The van der Waals surface area contributed by atoms with Crippen LogP contribution in [0.25, 0.3) is 10.8 Å². The lowest BCUT2D eigenvalue weighted by Crippen LogP contribution is -2.41. The molecular formula is C20H18ClN3O2. The minimum atomic E-state index is 0.0101. The predicted octanol–water partition coefficient (Wildman–Crippen LogP) is 3.97. The van der Waals surface area contributed by atoms with Gasteiger partial charge in [-0.2, -0.15) is 5.10 Å². The first kappa shape index (κ1) is 16.8. The molecular weight excluding hydrogens is 350 g/mol. The van der Waals surface area contributed by atoms with E-state index in [-0.39, 0.29) is 12.0 Å². The monoisotopic (exact) mass is 367 g/mol. The number of ether oxygens (including phenoxy) is 1. The number of aromatic nitrogens is 2. The zero-order chi connectivity index (χ0) is 17.9. The molecule has 1 fully saturated rings. The van der Waals surface area contributed by atoms with Crippen molar-refractivity contribution in [1.82, 2.24) is 15.1 Å². The van der Waals surface area contributed by atoms with Crippen molar-refractivity contribution in [3.05, 3.63) is 65.3 Å². The second-order valence-electron chi connectivity index (χ2n) is 6.36. The molecule has 0 saturated carbocycles. The zero-order valence-electron chi connectivity index (χ0n) is 14.1. The molecule has 4 rings (SSSR count). The van der Waals surface area contributed by atoms with E-state index in [0.29, 0.717) is 29.6 Å². The summed E-state index contributed by atoms with van der Waals surface area (Å²) in [6.45, 7) is 1.29. The molecule has 1 amide bonds. The highest BCUT2D eigenvalue weighted by atomic mass is 35.5. The Labute approximate surface area is 156 Å². The van der Waals surface area contributed by atoms with Gasteiger partial charge in [0, 0.05) is 47.3 Å². The third-order valence-corrected chi connectivity index (χ3v) is 4.85. The molecule has 0 spiro atoms. The summed E-state index contributed by atoms with van der Waals surface area (Å²) in [4.78, 5) is 14.4. The SMILES string of the molecule is O=C(c1cccc(Cl)c1)N1CCC(Oc2nncc3ccccc23)CC1. The van der Waals surface area contributed by atoms with Crippen LogP contribution in [0.4, 0.5) is 0 Å². The van der Waals surface area contributed by atoms with Crippen LogP contribution >= 0.6 is 11.6 Å². The molecule has 0 N–H and O–H groups in total. The van der Waals surface area contributed by atoms with Gasteiger partial charge < -0.3 is 9.64 Å². The van der Waals surface area contributed by atoms with Crippen LogP contribution in [-0.4, -0.2) is 40.2 Å². The topological polar surface area (TPSA) is 55.3 Å². The smallest absolute Gasteiger partial charge is 0.253 e. The Balaban J connectivity index is 1.41. The van der Waals surface area contributed by atoms with E-state index < -0.39 is 0 Å². The Bertz CT molecular complexity index is 934. The van der Waals surface area contributed by atoms with Gasteiger partial charge in [0.15, 0.2) is 0 Å². The predicted molar refractivity (Wildman–Crippen MR) is 101 cm³/mol. The Morgan fingerprint density at radius 2 is 1.92 bits per heavy atom. The largest absolute Gasteiger partial charge is 0.473 e. The number of hydrogen-bond acceptors (Lipinski definition) is 4. The quantitative estimate of drug-likeness (QED) is 0.703. The number of hydrogen-bond donors (Lipinski definition) is 0. The van der Waals surface area contributed by atoms with Crippen molar-refractivity contribution >= 4 is 28.3 Å². The van der Waals surface area contributed by atoms with Crippen LogP contribution in [-0.2, 0) is 0 Å². The van der Waals surface area contributed by atoms with Gasteiger partial charge in [0.05, 0.1) is 6.20 Å². The molecule has 0 bridgehead atoms. The number of piperidine rings is 1. The van der Waals surface area contributed by atoms with E-state index >= 15 is 0 Å². The van der Waals surface area contributed by atoms with Crippen LogP contribution in [0.1, 0.15) is 23.2 Å². The number of fused-ring (bicyclic) bond motifs is 1. The summed E-state index contributed by atoms with van der Waals surface area (Å²) in [5.74, 6) is 0.568. The van der Waals surface area contributed by atoms with E-state index in [9.17, 15) is 4.79 Å². The van der Waals surface area contributed by atoms with E-state index in [0.717, 1.165) is 23.6 Å². The molecule has 2 aromatic carbocycles. The van der Waals surface area contributed by atoms with Crippen molar-refractivity contribution < 1.29 is 9.53 Å². The molecule has 1 saturated heterocycles. The second-order valence-corrected chi connectivity index (χ2v) is 6.79. The van der Waals surface area contributed by atoms with Crippen LogP contribution in [0.3, 0.4) is 0 Å². The summed E-state index contributed by atoms with van der Waals surface area (Å²) in [7, 11) is 0. The van der Waals surface area contributed by atoms with Gasteiger partial charge >= 0.3 is 0 Å². The zero-order valence-corrected chi connectivity index (χ0v) is 14.9. The number of carbonyl (C=O) groups is 1. The number of likely N-dealkylation sites (tertiary alicyclic amines) is 1. The number of benzene rings is 2. The van der Waals surface area contributed by atoms with Gasteiger partial charge in [-0.15, -0.1) is 5.10 Å². The number of amides is 1. The number of nitrogens with zero attached hydrogens (tertiary/aromatic N) is 3. The maximum absolute atomic E-state index is 12.6. The maximum Gasteiger partial charge on any atom is 0.253 e. The van der Waals surface area contributed by atoms with Crippen molar-refractivity contribution in [2.45, 2.75) is 18.9 Å². The first-order chi connectivity index (χ1) is 12.7. The lowest BCUT2D eigenvalue weighted by Gasteiger charge is -2.32. The standard InChI is InChI=1S/C20H18ClN3O2/c21-16-6-3-5-14(12-16)20(25)24-10-8-17(9-11-24)26-19-18-7-2-1-4-15(18)13-22-23-19/h1-7,12-13,17H,8-11H2. The van der Waals surface area contributed by atoms with Crippen molar-refractivity contribution in [1.29, 1.82) is 0 Å². The summed E-state index contributed by atoms with van der Waals surface area (Å²) in [6, 6.07) is 15.0. The highest BCUT2D eigenvalue weighted by molar-refractivity contribution is 6.30. The van der Waals surface area contributed by atoms with Crippen molar-refractivity contribution in [2.75, 3.05) is 13.1 Å². The van der Waals surface area contributed by atoms with Crippen LogP contribution in [0.15, 0.2) is 54.7 Å². The molecule has 132 valence electrons. The molecule has 0 unspecified atom stereocenters. The average Bonchev–Trinajstić information content (AvgIpc) is 2.68. The van der Waals surface area contributed by atoms with E-state index in [1.165, 1.54) is 0 Å². The summed E-state index contributed by atoms with van der Waals surface area (Å²) in [5, 5.41) is 10.7. The third kappa shape index (κ3) is 3.48. The summed E-state index contributed by atoms with van der Waals surface area (Å²) in [6.07, 6.45) is 3.28. The van der Waals surface area contributed by atoms with Gasteiger partial charge in [-0.05, 0) is 24.3 Å². The fourth-order valence-corrected chi connectivity index (χ4v) is 3.42. The number of carbonyl (C=O) groups excluding carboxylic acids is 1. The third-order valence-electron chi connectivity index (χ3n) is 4.62. The average molecular weight is 368 g/mol. The summed E-state index contributed by atoms with van der Waals surface area (Å²) < 4.78 is 6.09. The molecule has 1 aliphatic rings. The van der Waals surface area contributed by atoms with E-state index in [1.54, 1.807) is 30.5 Å². The first-order valence-electron chi connectivity index (χ1n) is 8.62. The first-order valence-corrected chi connectivity index (χ1v) is 9.00. The maximum atomic E-state index is 12.6. The minimum Gasteiger partial charge on any atom is -0.473 e. The Morgan fingerprint density at radius 1 is 1.12 bits per heavy atom. The highest BCUT2D eigenvalue weighted by Gasteiger charge is 2.25. The van der Waals surface area contributed by atoms with Crippen LogP contribution < -0.4 is 4.74 Å². The molecule has 0 aliphatic carbocycles. The normalized spacial score (nSPS) is 15.2. The summed E-state index contributed by atoms with van der Waals surface area (Å²) in [5.41, 5.74) is 0.622. The number of halogens is 1. The molecule has 6 heteroatoms. The molecule has 26 heavy (non-hydrogen) atoms. The van der Waals surface area contributed by atoms with Gasteiger partial charge in [-0.1, -0.05) is 35.9 Å². The molecule has 3 aromatic rings. The molecule has 2 heterocycles. The summed E-state index contributed by atoms with van der Waals surface area (Å²) >= 11 is 5.99. The van der Waals surface area contributed by atoms with Crippen LogP contribution in [0.2, 0.25) is 5.02 Å². The van der Waals surface area contributed by atoms with Gasteiger partial charge in [-0.25, -0.2) is 0 Å². The van der Waals surface area contributed by atoms with Gasteiger partial charge in [-0.3, -0.25) is 4.79 Å². The Hall–Kier alpha value is -2.66. The van der Waals surface area contributed by atoms with Gasteiger partial charge in [0.2, 0.25) is 5.88 Å². The fraction of sp³-hybridized carbons (Fsp3) is 0.250. The number of rotatable bonds is 3. The van der Waals surface area contributed by atoms with Crippen molar-refractivity contribution in [3.63, 3.8) is 0 Å². The molecule has 0 radical (unpaired) electrons. The van der Waals surface area contributed by atoms with E-state index in [4.69, 9.17) is 16.3 Å². The van der Waals surface area contributed by atoms with Crippen molar-refractivity contribution in [3.8, 4) is 5.88 Å². The van der Waals surface area contributed by atoms with E-state index in [1.807, 2.05) is 29.2 Å². The van der Waals surface area contributed by atoms with Crippen molar-refractivity contribution in [2.24, 2.45) is 0 Å². The highest BCUT2D eigenvalue weighted by Crippen LogP contribution is 2.25. The Morgan fingerprint density at radius 3 is 2.73 bits per heavy atom. The fourth-order valence-electron chi connectivity index (χ4n) is 3.23. The van der Waals surface area contributed by atoms with E-state index in [2.05, 4.69) is 10.2 Å².